The summed E-state index contributed by atoms with van der Waals surface area (Å²) >= 11 is 0. The number of nitrogens with zero attached hydrogens (tertiary/aromatic N) is 1. The van der Waals surface area contributed by atoms with Gasteiger partial charge in [-0.3, -0.25) is 4.90 Å². The van der Waals surface area contributed by atoms with Crippen molar-refractivity contribution in [3.63, 3.8) is 0 Å². The lowest BCUT2D eigenvalue weighted by atomic mass is 10.2. The quantitative estimate of drug-likeness (QED) is 0.773. The molecule has 0 aromatic carbocycles. The van der Waals surface area contributed by atoms with Gasteiger partial charge < -0.3 is 10.1 Å². The molecular weight excluding hydrogens is 245 g/mol. The van der Waals surface area contributed by atoms with Crippen LogP contribution in [0.15, 0.2) is 0 Å². The van der Waals surface area contributed by atoms with Crippen molar-refractivity contribution in [1.82, 2.24) is 10.2 Å². The molecule has 1 atom stereocenters. The highest BCUT2D eigenvalue weighted by atomic mass is 35.5. The van der Waals surface area contributed by atoms with Gasteiger partial charge >= 0.3 is 6.18 Å². The molecule has 0 aromatic rings. The Labute approximate surface area is 99.7 Å². The zero-order chi connectivity index (χ0) is 11.3. The second-order valence-electron chi connectivity index (χ2n) is 3.76. The van der Waals surface area contributed by atoms with E-state index < -0.39 is 12.8 Å². The van der Waals surface area contributed by atoms with Crippen LogP contribution in [0.5, 0.6) is 0 Å². The molecule has 1 saturated heterocycles. The van der Waals surface area contributed by atoms with E-state index in [1.54, 1.807) is 0 Å². The highest BCUT2D eigenvalue weighted by molar-refractivity contribution is 5.85. The van der Waals surface area contributed by atoms with E-state index in [-0.39, 0.29) is 19.0 Å². The van der Waals surface area contributed by atoms with Gasteiger partial charge in [-0.1, -0.05) is 0 Å². The van der Waals surface area contributed by atoms with Gasteiger partial charge in [0.1, 0.15) is 6.61 Å². The third-order valence-corrected chi connectivity index (χ3v) is 2.43. The van der Waals surface area contributed by atoms with Crippen LogP contribution in [-0.4, -0.2) is 56.5 Å². The van der Waals surface area contributed by atoms with E-state index in [1.807, 2.05) is 0 Å². The van der Waals surface area contributed by atoms with Crippen LogP contribution in [0.4, 0.5) is 13.2 Å². The van der Waals surface area contributed by atoms with Gasteiger partial charge in [-0.15, -0.1) is 12.4 Å². The van der Waals surface area contributed by atoms with Gasteiger partial charge in [-0.05, 0) is 6.92 Å². The van der Waals surface area contributed by atoms with E-state index in [0.29, 0.717) is 12.6 Å². The summed E-state index contributed by atoms with van der Waals surface area (Å²) < 4.78 is 39.8. The third kappa shape index (κ3) is 6.52. The van der Waals surface area contributed by atoms with E-state index in [1.165, 1.54) is 0 Å². The Hall–Kier alpha value is -0.0400. The van der Waals surface area contributed by atoms with Gasteiger partial charge in [-0.25, -0.2) is 0 Å². The molecular formula is C9H18ClF3N2O. The number of hydrogen-bond donors (Lipinski definition) is 1. The van der Waals surface area contributed by atoms with Crippen LogP contribution >= 0.6 is 12.4 Å². The first-order valence-electron chi connectivity index (χ1n) is 5.08. The molecule has 0 bridgehead atoms. The summed E-state index contributed by atoms with van der Waals surface area (Å²) in [5.41, 5.74) is 0. The number of nitrogens with one attached hydrogen (secondary N) is 1. The smallest absolute Gasteiger partial charge is 0.371 e. The maximum Gasteiger partial charge on any atom is 0.411 e. The molecule has 1 N–H and O–H groups in total. The second-order valence-corrected chi connectivity index (χ2v) is 3.76. The van der Waals surface area contributed by atoms with Crippen LogP contribution < -0.4 is 5.32 Å². The zero-order valence-corrected chi connectivity index (χ0v) is 10.0. The zero-order valence-electron chi connectivity index (χ0n) is 9.22. The fourth-order valence-corrected chi connectivity index (χ4v) is 1.58. The van der Waals surface area contributed by atoms with E-state index >= 15 is 0 Å². The van der Waals surface area contributed by atoms with Crippen molar-refractivity contribution in [2.24, 2.45) is 0 Å². The van der Waals surface area contributed by atoms with Gasteiger partial charge in [0.2, 0.25) is 0 Å². The minimum atomic E-state index is -4.21. The summed E-state index contributed by atoms with van der Waals surface area (Å²) in [6.45, 7) is 4.27. The summed E-state index contributed by atoms with van der Waals surface area (Å²) in [6, 6.07) is 0.369. The van der Waals surface area contributed by atoms with Crippen molar-refractivity contribution in [3.05, 3.63) is 0 Å². The summed E-state index contributed by atoms with van der Waals surface area (Å²) in [4.78, 5) is 2.13. The Morgan fingerprint density at radius 2 is 2.12 bits per heavy atom. The number of hydrogen-bond acceptors (Lipinski definition) is 3. The average molecular weight is 263 g/mol. The van der Waals surface area contributed by atoms with Gasteiger partial charge in [0.15, 0.2) is 0 Å². The fraction of sp³-hybridized carbons (Fsp3) is 1.00. The molecule has 0 unspecified atom stereocenters. The SMILES string of the molecule is C[C@@H]1CNCCN1CCOCC(F)(F)F.Cl. The molecule has 0 aliphatic carbocycles. The average Bonchev–Trinajstić information content (AvgIpc) is 2.13. The first-order chi connectivity index (χ1) is 6.99. The molecule has 0 aromatic heterocycles. The van der Waals surface area contributed by atoms with Gasteiger partial charge in [0.25, 0.3) is 0 Å². The molecule has 16 heavy (non-hydrogen) atoms. The molecule has 1 fully saturated rings. The van der Waals surface area contributed by atoms with Crippen LogP contribution in [0.1, 0.15) is 6.92 Å². The molecule has 0 radical (unpaired) electrons. The minimum absolute atomic E-state index is 0. The van der Waals surface area contributed by atoms with E-state index in [9.17, 15) is 13.2 Å². The fourth-order valence-electron chi connectivity index (χ4n) is 1.58. The Kier molecular flexibility index (Phi) is 7.30. The maximum atomic E-state index is 11.7. The minimum Gasteiger partial charge on any atom is -0.371 e. The Morgan fingerprint density at radius 1 is 1.44 bits per heavy atom. The van der Waals surface area contributed by atoms with Crippen LogP contribution in [0, 0.1) is 0 Å². The lowest BCUT2D eigenvalue weighted by Gasteiger charge is -2.33. The molecule has 0 spiro atoms. The second kappa shape index (κ2) is 7.32. The Morgan fingerprint density at radius 3 is 2.69 bits per heavy atom. The predicted molar refractivity (Wildman–Crippen MR) is 58.0 cm³/mol. The molecule has 1 aliphatic heterocycles. The van der Waals surface area contributed by atoms with Gasteiger partial charge in [-0.2, -0.15) is 13.2 Å². The van der Waals surface area contributed by atoms with E-state index in [0.717, 1.165) is 19.6 Å². The summed E-state index contributed by atoms with van der Waals surface area (Å²) in [5.74, 6) is 0. The monoisotopic (exact) mass is 262 g/mol. The number of ether oxygens (including phenoxy) is 1. The topological polar surface area (TPSA) is 24.5 Å². The summed E-state index contributed by atoms with van der Waals surface area (Å²) in [7, 11) is 0. The van der Waals surface area contributed by atoms with Crippen molar-refractivity contribution in [1.29, 1.82) is 0 Å². The molecule has 0 saturated carbocycles. The number of alkyl halides is 3. The first kappa shape index (κ1) is 16.0. The molecule has 0 amide bonds. The summed E-state index contributed by atoms with van der Waals surface area (Å²) in [6.07, 6.45) is -4.21. The standard InChI is InChI=1S/C9H17F3N2O.ClH/c1-8-6-13-2-3-14(8)4-5-15-7-9(10,11)12;/h8,13H,2-7H2,1H3;1H/t8-;/m1./s1. The third-order valence-electron chi connectivity index (χ3n) is 2.43. The number of piperazine rings is 1. The highest BCUT2D eigenvalue weighted by Crippen LogP contribution is 2.14. The van der Waals surface area contributed by atoms with Crippen molar-refractivity contribution >= 4 is 12.4 Å². The predicted octanol–water partition coefficient (Wildman–Crippen LogP) is 1.28. The molecule has 1 aliphatic rings. The van der Waals surface area contributed by atoms with Gasteiger partial charge in [0, 0.05) is 32.2 Å². The molecule has 1 rings (SSSR count). The van der Waals surface area contributed by atoms with Crippen LogP contribution in [0.25, 0.3) is 0 Å². The summed E-state index contributed by atoms with van der Waals surface area (Å²) in [5, 5.41) is 3.22. The molecule has 3 nitrogen and oxygen atoms in total. The lowest BCUT2D eigenvalue weighted by Crippen LogP contribution is -2.50. The van der Waals surface area contributed by atoms with Crippen molar-refractivity contribution < 1.29 is 17.9 Å². The largest absolute Gasteiger partial charge is 0.411 e. The number of halogens is 4. The maximum absolute atomic E-state index is 11.7. The van der Waals surface area contributed by atoms with Crippen molar-refractivity contribution in [2.45, 2.75) is 19.1 Å². The number of rotatable bonds is 4. The van der Waals surface area contributed by atoms with Crippen LogP contribution in [0.2, 0.25) is 0 Å². The Bertz CT molecular complexity index is 192. The Balaban J connectivity index is 0.00000225. The van der Waals surface area contributed by atoms with E-state index in [2.05, 4.69) is 21.9 Å². The highest BCUT2D eigenvalue weighted by Gasteiger charge is 2.27. The van der Waals surface area contributed by atoms with Crippen molar-refractivity contribution in [2.75, 3.05) is 39.4 Å². The van der Waals surface area contributed by atoms with E-state index in [4.69, 9.17) is 0 Å². The first-order valence-corrected chi connectivity index (χ1v) is 5.08. The van der Waals surface area contributed by atoms with Crippen LogP contribution in [-0.2, 0) is 4.74 Å². The normalized spacial score (nSPS) is 22.9. The van der Waals surface area contributed by atoms with Crippen LogP contribution in [0.3, 0.4) is 0 Å². The van der Waals surface area contributed by atoms with Crippen molar-refractivity contribution in [3.8, 4) is 0 Å². The molecule has 1 heterocycles. The molecule has 98 valence electrons. The lowest BCUT2D eigenvalue weighted by molar-refractivity contribution is -0.174. The molecule has 7 heteroatoms. The van der Waals surface area contributed by atoms with Gasteiger partial charge in [0.05, 0.1) is 6.61 Å².